The molecule has 2 atom stereocenters. The molecule has 2 aromatic rings. The molecule has 0 aromatic heterocycles. The molecule has 0 N–H and O–H groups in total. The smallest absolute Gasteiger partial charge is 0.311 e. The number of esters is 1. The molecular formula is C29H41NO3Si. The lowest BCUT2D eigenvalue weighted by Gasteiger charge is -2.37. The number of hydrogen-bond acceptors (Lipinski definition) is 4. The highest BCUT2D eigenvalue weighted by Crippen LogP contribution is 2.37. The molecule has 0 bridgehead atoms. The standard InChI is InChI=1S/C29H41NO3Si/c1-10-25(33-27(31)28(2,3)4)24(21-32-34(8,9)29(5,6)7)30-26(22-17-13-11-14-18-22)23-19-15-12-16-20-23/h10-20,24-25H,1,21H2,2-9H3/t24-,25+/m1/s1. The highest BCUT2D eigenvalue weighted by molar-refractivity contribution is 6.74. The number of hydrogen-bond donors (Lipinski definition) is 0. The Balaban J connectivity index is 2.55. The van der Waals surface area contributed by atoms with E-state index < -0.39 is 25.9 Å². The highest BCUT2D eigenvalue weighted by Gasteiger charge is 2.39. The van der Waals surface area contributed by atoms with E-state index in [0.29, 0.717) is 6.61 Å². The minimum absolute atomic E-state index is 0.0503. The zero-order valence-corrected chi connectivity index (χ0v) is 23.1. The van der Waals surface area contributed by atoms with Crippen molar-refractivity contribution in [2.45, 2.75) is 71.8 Å². The van der Waals surface area contributed by atoms with E-state index in [1.807, 2.05) is 81.4 Å². The van der Waals surface area contributed by atoms with Gasteiger partial charge >= 0.3 is 5.97 Å². The number of benzene rings is 2. The molecule has 0 spiro atoms. The van der Waals surface area contributed by atoms with Crippen molar-refractivity contribution >= 4 is 20.0 Å². The summed E-state index contributed by atoms with van der Waals surface area (Å²) in [6, 6.07) is 19.7. The largest absolute Gasteiger partial charge is 0.455 e. The predicted molar refractivity (Wildman–Crippen MR) is 145 cm³/mol. The Kier molecular flexibility index (Phi) is 9.20. The number of carbonyl (C=O) groups is 1. The first-order valence-corrected chi connectivity index (χ1v) is 14.8. The number of carbonyl (C=O) groups excluding carboxylic acids is 1. The fourth-order valence-electron chi connectivity index (χ4n) is 2.97. The maximum atomic E-state index is 12.8. The van der Waals surface area contributed by atoms with Crippen LogP contribution in [0.1, 0.15) is 52.7 Å². The number of aliphatic imine (C=N–C) groups is 1. The van der Waals surface area contributed by atoms with E-state index in [0.717, 1.165) is 16.8 Å². The van der Waals surface area contributed by atoms with Gasteiger partial charge < -0.3 is 9.16 Å². The summed E-state index contributed by atoms with van der Waals surface area (Å²) in [4.78, 5) is 17.9. The lowest BCUT2D eigenvalue weighted by molar-refractivity contribution is -0.157. The summed E-state index contributed by atoms with van der Waals surface area (Å²) >= 11 is 0. The summed E-state index contributed by atoms with van der Waals surface area (Å²) in [6.07, 6.45) is 1.05. The molecule has 34 heavy (non-hydrogen) atoms. The van der Waals surface area contributed by atoms with Gasteiger partial charge in [0.15, 0.2) is 8.32 Å². The van der Waals surface area contributed by atoms with Gasteiger partial charge in [0.25, 0.3) is 0 Å². The topological polar surface area (TPSA) is 47.9 Å². The van der Waals surface area contributed by atoms with Crippen LogP contribution in [-0.4, -0.2) is 38.8 Å². The van der Waals surface area contributed by atoms with Crippen LogP contribution in [0, 0.1) is 5.41 Å². The Morgan fingerprint density at radius 3 is 1.79 bits per heavy atom. The van der Waals surface area contributed by atoms with Crippen molar-refractivity contribution in [1.82, 2.24) is 0 Å². The van der Waals surface area contributed by atoms with Crippen LogP contribution < -0.4 is 0 Å². The van der Waals surface area contributed by atoms with Crippen LogP contribution in [0.15, 0.2) is 78.3 Å². The quantitative estimate of drug-likeness (QED) is 0.167. The SMILES string of the molecule is C=C[C@H](OC(=O)C(C)(C)C)[C@@H](CO[Si](C)(C)C(C)(C)C)N=C(c1ccccc1)c1ccccc1. The van der Waals surface area contributed by atoms with E-state index in [1.165, 1.54) is 0 Å². The first kappa shape index (κ1) is 27.7. The molecule has 0 aliphatic heterocycles. The van der Waals surface area contributed by atoms with E-state index in [2.05, 4.69) is 40.4 Å². The average Bonchev–Trinajstić information content (AvgIpc) is 2.77. The Hall–Kier alpha value is -2.50. The number of ether oxygens (including phenoxy) is 1. The van der Waals surface area contributed by atoms with Crippen LogP contribution in [-0.2, 0) is 14.0 Å². The van der Waals surface area contributed by atoms with Gasteiger partial charge in [-0.05, 0) is 45.0 Å². The van der Waals surface area contributed by atoms with E-state index in [4.69, 9.17) is 14.2 Å². The Morgan fingerprint density at radius 2 is 1.41 bits per heavy atom. The number of nitrogens with zero attached hydrogens (tertiary/aromatic N) is 1. The second-order valence-electron chi connectivity index (χ2n) is 11.2. The molecule has 2 aromatic carbocycles. The summed E-state index contributed by atoms with van der Waals surface area (Å²) in [5, 5.41) is 0.0503. The summed E-state index contributed by atoms with van der Waals surface area (Å²) in [7, 11) is -2.06. The van der Waals surface area contributed by atoms with Crippen molar-refractivity contribution in [3.05, 3.63) is 84.4 Å². The van der Waals surface area contributed by atoms with E-state index in [-0.39, 0.29) is 11.0 Å². The molecule has 0 amide bonds. The van der Waals surface area contributed by atoms with Crippen LogP contribution in [0.3, 0.4) is 0 Å². The molecule has 0 fully saturated rings. The first-order valence-electron chi connectivity index (χ1n) is 11.9. The lowest BCUT2D eigenvalue weighted by atomic mass is 9.97. The molecule has 0 radical (unpaired) electrons. The molecular weight excluding hydrogens is 438 g/mol. The van der Waals surface area contributed by atoms with Crippen molar-refractivity contribution in [3.63, 3.8) is 0 Å². The van der Waals surface area contributed by atoms with Gasteiger partial charge in [-0.15, -0.1) is 0 Å². The van der Waals surface area contributed by atoms with Crippen molar-refractivity contribution in [2.75, 3.05) is 6.61 Å². The lowest BCUT2D eigenvalue weighted by Crippen LogP contribution is -2.45. The van der Waals surface area contributed by atoms with Gasteiger partial charge in [-0.2, -0.15) is 0 Å². The third-order valence-electron chi connectivity index (χ3n) is 6.28. The monoisotopic (exact) mass is 479 g/mol. The Labute approximate surface area is 207 Å². The minimum atomic E-state index is -2.06. The van der Waals surface area contributed by atoms with E-state index >= 15 is 0 Å². The molecule has 0 heterocycles. The fraction of sp³-hybridized carbons (Fsp3) is 0.448. The summed E-state index contributed by atoms with van der Waals surface area (Å²) < 4.78 is 12.5. The van der Waals surface area contributed by atoms with Gasteiger partial charge in [-0.25, -0.2) is 0 Å². The van der Waals surface area contributed by atoms with Gasteiger partial charge in [0.1, 0.15) is 12.1 Å². The van der Waals surface area contributed by atoms with E-state index in [9.17, 15) is 4.79 Å². The van der Waals surface area contributed by atoms with Gasteiger partial charge in [0.05, 0.1) is 17.7 Å². The van der Waals surface area contributed by atoms with Gasteiger partial charge in [-0.1, -0.05) is 88.0 Å². The summed E-state index contributed by atoms with van der Waals surface area (Å²) in [5.41, 5.74) is 2.20. The number of rotatable bonds is 9. The maximum Gasteiger partial charge on any atom is 0.311 e. The molecule has 0 saturated heterocycles. The molecule has 184 valence electrons. The zero-order valence-electron chi connectivity index (χ0n) is 22.1. The Bertz CT molecular complexity index is 928. The predicted octanol–water partition coefficient (Wildman–Crippen LogP) is 7.06. The van der Waals surface area contributed by atoms with Gasteiger partial charge in [0, 0.05) is 11.1 Å². The summed E-state index contributed by atoms with van der Waals surface area (Å²) in [5.74, 6) is -0.286. The molecule has 4 nitrogen and oxygen atoms in total. The van der Waals surface area contributed by atoms with Crippen LogP contribution >= 0.6 is 0 Å². The van der Waals surface area contributed by atoms with Crippen molar-refractivity contribution in [3.8, 4) is 0 Å². The summed E-state index contributed by atoms with van der Waals surface area (Å²) in [6.45, 7) is 20.9. The van der Waals surface area contributed by atoms with Crippen LogP contribution in [0.5, 0.6) is 0 Å². The molecule has 0 aliphatic rings. The van der Waals surface area contributed by atoms with Crippen LogP contribution in [0.4, 0.5) is 0 Å². The van der Waals surface area contributed by atoms with Crippen LogP contribution in [0.2, 0.25) is 18.1 Å². The second kappa shape index (κ2) is 11.3. The minimum Gasteiger partial charge on any atom is -0.455 e. The molecule has 0 aliphatic carbocycles. The molecule has 5 heteroatoms. The third-order valence-corrected chi connectivity index (χ3v) is 10.8. The third kappa shape index (κ3) is 7.50. The first-order chi connectivity index (χ1) is 15.8. The normalized spacial score (nSPS) is 14.1. The van der Waals surface area contributed by atoms with Crippen LogP contribution in [0.25, 0.3) is 0 Å². The van der Waals surface area contributed by atoms with E-state index in [1.54, 1.807) is 6.08 Å². The Morgan fingerprint density at radius 1 is 0.941 bits per heavy atom. The van der Waals surface area contributed by atoms with Gasteiger partial charge in [-0.3, -0.25) is 9.79 Å². The zero-order chi connectivity index (χ0) is 25.6. The van der Waals surface area contributed by atoms with Crippen molar-refractivity contribution < 1.29 is 14.0 Å². The average molecular weight is 480 g/mol. The van der Waals surface area contributed by atoms with Crippen molar-refractivity contribution in [1.29, 1.82) is 0 Å². The fourth-order valence-corrected chi connectivity index (χ4v) is 3.99. The van der Waals surface area contributed by atoms with Gasteiger partial charge in [0.2, 0.25) is 0 Å². The second-order valence-corrected chi connectivity index (χ2v) is 16.0. The molecule has 2 rings (SSSR count). The molecule has 0 saturated carbocycles. The van der Waals surface area contributed by atoms with Crippen molar-refractivity contribution in [2.24, 2.45) is 10.4 Å². The maximum absolute atomic E-state index is 12.8. The highest BCUT2D eigenvalue weighted by atomic mass is 28.4. The molecule has 0 unspecified atom stereocenters.